The minimum Gasteiger partial charge on any atom is -0.486 e. The predicted octanol–water partition coefficient (Wildman–Crippen LogP) is 0.986. The second kappa shape index (κ2) is 6.96. The summed E-state index contributed by atoms with van der Waals surface area (Å²) in [5, 5.41) is 10.4. The van der Waals surface area contributed by atoms with Gasteiger partial charge in [0.1, 0.15) is 12.4 Å². The molecule has 1 saturated heterocycles. The highest BCUT2D eigenvalue weighted by molar-refractivity contribution is 5.94. The fraction of sp³-hybridized carbons (Fsp3) is 0.294. The number of aromatic nitrogens is 4. The van der Waals surface area contributed by atoms with Gasteiger partial charge in [-0.3, -0.25) is 4.79 Å². The number of nitrogens with one attached hydrogen (secondary N) is 1. The first-order valence-electron chi connectivity index (χ1n) is 8.26. The summed E-state index contributed by atoms with van der Waals surface area (Å²) >= 11 is 0. The third kappa shape index (κ3) is 3.29. The Morgan fingerprint density at radius 3 is 2.96 bits per heavy atom. The van der Waals surface area contributed by atoms with Crippen molar-refractivity contribution in [3.63, 3.8) is 0 Å². The summed E-state index contributed by atoms with van der Waals surface area (Å²) in [7, 11) is 0. The van der Waals surface area contributed by atoms with Gasteiger partial charge in [-0.1, -0.05) is 12.1 Å². The van der Waals surface area contributed by atoms with Crippen LogP contribution in [-0.4, -0.2) is 57.5 Å². The van der Waals surface area contributed by atoms with Crippen LogP contribution >= 0.6 is 0 Å². The Hall–Kier alpha value is -3.20. The number of anilines is 1. The molecule has 1 amide bonds. The molecule has 3 N–H and O–H groups in total. The molecule has 3 heterocycles. The van der Waals surface area contributed by atoms with Crippen LogP contribution in [0.3, 0.4) is 0 Å². The van der Waals surface area contributed by atoms with E-state index in [2.05, 4.69) is 20.4 Å². The Balaban J connectivity index is 1.50. The van der Waals surface area contributed by atoms with Gasteiger partial charge in [-0.25, -0.2) is 4.98 Å². The number of ether oxygens (including phenoxy) is 2. The van der Waals surface area contributed by atoms with E-state index in [0.29, 0.717) is 54.6 Å². The maximum absolute atomic E-state index is 12.6. The molecule has 134 valence electrons. The Kier molecular flexibility index (Phi) is 4.36. The normalized spacial score (nSPS) is 14.5. The lowest BCUT2D eigenvalue weighted by atomic mass is 10.1. The molecule has 2 aromatic heterocycles. The van der Waals surface area contributed by atoms with E-state index in [0.717, 1.165) is 5.56 Å². The van der Waals surface area contributed by atoms with Crippen molar-refractivity contribution in [2.75, 3.05) is 32.0 Å². The number of benzene rings is 1. The molecular formula is C17H18N6O3. The lowest BCUT2D eigenvalue weighted by Crippen LogP contribution is -2.40. The molecule has 1 fully saturated rings. The van der Waals surface area contributed by atoms with Crippen molar-refractivity contribution >= 4 is 22.9 Å². The van der Waals surface area contributed by atoms with Crippen LogP contribution in [0.1, 0.15) is 15.9 Å². The zero-order chi connectivity index (χ0) is 17.9. The first kappa shape index (κ1) is 16.3. The maximum Gasteiger partial charge on any atom is 0.254 e. The Morgan fingerprint density at radius 2 is 2.12 bits per heavy atom. The van der Waals surface area contributed by atoms with Crippen molar-refractivity contribution in [1.82, 2.24) is 25.3 Å². The molecule has 0 spiro atoms. The van der Waals surface area contributed by atoms with Crippen molar-refractivity contribution < 1.29 is 14.3 Å². The molecule has 0 unspecified atom stereocenters. The third-order valence-electron chi connectivity index (χ3n) is 4.14. The molecule has 9 nitrogen and oxygen atoms in total. The number of nitrogen functional groups attached to an aromatic ring is 1. The van der Waals surface area contributed by atoms with Gasteiger partial charge >= 0.3 is 0 Å². The first-order valence-corrected chi connectivity index (χ1v) is 8.26. The van der Waals surface area contributed by atoms with Crippen LogP contribution in [0.15, 0.2) is 30.3 Å². The minimum absolute atomic E-state index is 0.00203. The summed E-state index contributed by atoms with van der Waals surface area (Å²) in [6.45, 7) is 2.65. The summed E-state index contributed by atoms with van der Waals surface area (Å²) in [6, 6.07) is 9.00. The average molecular weight is 354 g/mol. The van der Waals surface area contributed by atoms with Crippen LogP contribution in [0.2, 0.25) is 0 Å². The molecular weight excluding hydrogens is 336 g/mol. The van der Waals surface area contributed by atoms with E-state index in [4.69, 9.17) is 15.2 Å². The number of carbonyl (C=O) groups is 1. The number of morpholine rings is 1. The van der Waals surface area contributed by atoms with Gasteiger partial charge in [0.05, 0.1) is 13.2 Å². The van der Waals surface area contributed by atoms with Crippen LogP contribution < -0.4 is 10.5 Å². The van der Waals surface area contributed by atoms with E-state index in [1.807, 2.05) is 24.3 Å². The number of amides is 1. The van der Waals surface area contributed by atoms with Crippen molar-refractivity contribution in [3.05, 3.63) is 41.5 Å². The summed E-state index contributed by atoms with van der Waals surface area (Å²) in [5.74, 6) is 0.797. The molecule has 4 rings (SSSR count). The van der Waals surface area contributed by atoms with Gasteiger partial charge in [0.2, 0.25) is 5.65 Å². The first-order chi connectivity index (χ1) is 12.7. The fourth-order valence-electron chi connectivity index (χ4n) is 2.84. The molecule has 26 heavy (non-hydrogen) atoms. The Bertz CT molecular complexity index is 935. The number of fused-ring (bicyclic) bond motifs is 1. The van der Waals surface area contributed by atoms with E-state index in [9.17, 15) is 4.79 Å². The second-order valence-corrected chi connectivity index (χ2v) is 5.93. The molecule has 0 atom stereocenters. The van der Waals surface area contributed by atoms with Crippen LogP contribution in [0.5, 0.6) is 5.75 Å². The molecule has 0 saturated carbocycles. The van der Waals surface area contributed by atoms with Crippen molar-refractivity contribution in [3.8, 4) is 5.75 Å². The minimum atomic E-state index is 0.00203. The highest BCUT2D eigenvalue weighted by Gasteiger charge is 2.18. The number of nitrogens with two attached hydrogens (primary N) is 1. The van der Waals surface area contributed by atoms with Gasteiger partial charge in [-0.05, 0) is 17.7 Å². The van der Waals surface area contributed by atoms with E-state index < -0.39 is 0 Å². The second-order valence-electron chi connectivity index (χ2n) is 5.93. The zero-order valence-electron chi connectivity index (χ0n) is 14.0. The maximum atomic E-state index is 12.6. The topological polar surface area (TPSA) is 119 Å². The lowest BCUT2D eigenvalue weighted by Gasteiger charge is -2.27. The molecule has 0 bridgehead atoms. The number of rotatable bonds is 4. The van der Waals surface area contributed by atoms with Gasteiger partial charge < -0.3 is 20.1 Å². The van der Waals surface area contributed by atoms with Crippen LogP contribution in [-0.2, 0) is 11.3 Å². The van der Waals surface area contributed by atoms with Gasteiger partial charge in [-0.2, -0.15) is 10.3 Å². The Morgan fingerprint density at radius 1 is 1.27 bits per heavy atom. The molecule has 3 aromatic rings. The number of H-pyrrole nitrogens is 1. The van der Waals surface area contributed by atoms with Gasteiger partial charge in [0, 0.05) is 24.7 Å². The van der Waals surface area contributed by atoms with E-state index >= 15 is 0 Å². The van der Waals surface area contributed by atoms with Crippen LogP contribution in [0.25, 0.3) is 11.2 Å². The van der Waals surface area contributed by atoms with E-state index in [1.54, 1.807) is 11.0 Å². The molecule has 0 radical (unpaired) electrons. The fourth-order valence-corrected chi connectivity index (χ4v) is 2.84. The lowest BCUT2D eigenvalue weighted by molar-refractivity contribution is 0.0303. The van der Waals surface area contributed by atoms with Crippen molar-refractivity contribution in [2.45, 2.75) is 6.61 Å². The van der Waals surface area contributed by atoms with Gasteiger partial charge in [0.25, 0.3) is 5.91 Å². The molecule has 9 heteroatoms. The summed E-state index contributed by atoms with van der Waals surface area (Å²) in [4.78, 5) is 18.5. The van der Waals surface area contributed by atoms with E-state index in [1.165, 1.54) is 0 Å². The number of hydrogen-bond donors (Lipinski definition) is 2. The molecule has 1 aliphatic rings. The number of aromatic amines is 1. The van der Waals surface area contributed by atoms with Crippen LogP contribution in [0.4, 0.5) is 5.82 Å². The molecule has 1 aliphatic heterocycles. The summed E-state index contributed by atoms with van der Waals surface area (Å²) in [5.41, 5.74) is 8.18. The Labute approximate surface area is 149 Å². The monoisotopic (exact) mass is 354 g/mol. The van der Waals surface area contributed by atoms with Crippen LogP contribution in [0, 0.1) is 0 Å². The van der Waals surface area contributed by atoms with E-state index in [-0.39, 0.29) is 12.5 Å². The average Bonchev–Trinajstić information content (AvgIpc) is 3.15. The number of pyridine rings is 1. The zero-order valence-corrected chi connectivity index (χ0v) is 14.0. The largest absolute Gasteiger partial charge is 0.486 e. The van der Waals surface area contributed by atoms with Gasteiger partial charge in [-0.15, -0.1) is 5.10 Å². The SMILES string of the molecule is Nc1cc(OCc2cccc(C(=O)N3CCOCC3)c2)c2n[nH]nc2n1. The van der Waals surface area contributed by atoms with Gasteiger partial charge in [0.15, 0.2) is 11.3 Å². The summed E-state index contributed by atoms with van der Waals surface area (Å²) in [6.07, 6.45) is 0. The number of hydrogen-bond acceptors (Lipinski definition) is 7. The van der Waals surface area contributed by atoms with Crippen molar-refractivity contribution in [2.24, 2.45) is 0 Å². The molecule has 1 aromatic carbocycles. The number of carbonyl (C=O) groups excluding carboxylic acids is 1. The van der Waals surface area contributed by atoms with Crippen molar-refractivity contribution in [1.29, 1.82) is 0 Å². The highest BCUT2D eigenvalue weighted by atomic mass is 16.5. The summed E-state index contributed by atoms with van der Waals surface area (Å²) < 4.78 is 11.1. The predicted molar refractivity (Wildman–Crippen MR) is 93.6 cm³/mol. The molecule has 0 aliphatic carbocycles. The standard InChI is InChI=1S/C17H18N6O3/c18-14-9-13(15-16(19-14)21-22-20-15)26-10-11-2-1-3-12(8-11)17(24)23-4-6-25-7-5-23/h1-3,8-9H,4-7,10H2,(H3,18,19,20,21,22). The smallest absolute Gasteiger partial charge is 0.254 e. The highest BCUT2D eigenvalue weighted by Crippen LogP contribution is 2.24. The third-order valence-corrected chi connectivity index (χ3v) is 4.14. The quantitative estimate of drug-likeness (QED) is 0.717. The number of nitrogens with zero attached hydrogens (tertiary/aromatic N) is 4.